The van der Waals surface area contributed by atoms with Crippen LogP contribution in [0.25, 0.3) is 0 Å². The largest absolute Gasteiger partial charge is 0.481 e. The van der Waals surface area contributed by atoms with Crippen molar-refractivity contribution in [2.24, 2.45) is 0 Å². The quantitative estimate of drug-likeness (QED) is 0.814. The van der Waals surface area contributed by atoms with Crippen LogP contribution in [0, 0.1) is 13.8 Å². The molecule has 1 aromatic carbocycles. The second kappa shape index (κ2) is 6.19. The molecule has 1 aromatic rings. The predicted octanol–water partition coefficient (Wildman–Crippen LogP) is 2.73. The fourth-order valence-corrected chi connectivity index (χ4v) is 2.33. The standard InChI is InChI=1S/C14H18O4/c1-9-4-3-5-10(2)14(9)11(8-13(17)18)6-7-12(15)16/h3-5,11H,6-8H2,1-2H3,(H,15,16)(H,17,18). The maximum atomic E-state index is 10.9. The number of hydrogen-bond donors (Lipinski definition) is 2. The molecule has 2 N–H and O–H groups in total. The molecule has 0 aromatic heterocycles. The lowest BCUT2D eigenvalue weighted by Gasteiger charge is -2.19. The van der Waals surface area contributed by atoms with Gasteiger partial charge in [0, 0.05) is 6.42 Å². The molecule has 1 atom stereocenters. The first-order chi connectivity index (χ1) is 8.41. The molecular weight excluding hydrogens is 232 g/mol. The van der Waals surface area contributed by atoms with E-state index in [0.29, 0.717) is 6.42 Å². The Labute approximate surface area is 106 Å². The molecule has 0 aliphatic heterocycles. The van der Waals surface area contributed by atoms with Crippen LogP contribution in [0.15, 0.2) is 18.2 Å². The van der Waals surface area contributed by atoms with Crippen LogP contribution >= 0.6 is 0 Å². The van der Waals surface area contributed by atoms with E-state index in [4.69, 9.17) is 10.2 Å². The third-order valence-electron chi connectivity index (χ3n) is 3.08. The van der Waals surface area contributed by atoms with Crippen molar-refractivity contribution < 1.29 is 19.8 Å². The second-order valence-corrected chi connectivity index (χ2v) is 4.53. The number of aryl methyl sites for hydroxylation is 2. The van der Waals surface area contributed by atoms with Crippen LogP contribution in [0.2, 0.25) is 0 Å². The molecule has 0 spiro atoms. The average Bonchev–Trinajstić information content (AvgIpc) is 2.24. The van der Waals surface area contributed by atoms with Crippen molar-refractivity contribution >= 4 is 11.9 Å². The van der Waals surface area contributed by atoms with E-state index in [9.17, 15) is 9.59 Å². The Morgan fingerprint density at radius 1 is 1.11 bits per heavy atom. The Kier molecular flexibility index (Phi) is 4.89. The highest BCUT2D eigenvalue weighted by Crippen LogP contribution is 2.30. The van der Waals surface area contributed by atoms with Crippen molar-refractivity contribution in [3.8, 4) is 0 Å². The zero-order chi connectivity index (χ0) is 13.7. The Morgan fingerprint density at radius 3 is 2.11 bits per heavy atom. The predicted molar refractivity (Wildman–Crippen MR) is 67.8 cm³/mol. The van der Waals surface area contributed by atoms with E-state index in [1.54, 1.807) is 0 Å². The van der Waals surface area contributed by atoms with Gasteiger partial charge in [0.1, 0.15) is 0 Å². The first kappa shape index (κ1) is 14.2. The van der Waals surface area contributed by atoms with Gasteiger partial charge in [-0.05, 0) is 42.9 Å². The maximum absolute atomic E-state index is 10.9. The smallest absolute Gasteiger partial charge is 0.303 e. The summed E-state index contributed by atoms with van der Waals surface area (Å²) in [4.78, 5) is 21.5. The molecule has 0 saturated carbocycles. The molecule has 98 valence electrons. The summed E-state index contributed by atoms with van der Waals surface area (Å²) in [5.74, 6) is -2.02. The minimum atomic E-state index is -0.895. The van der Waals surface area contributed by atoms with Gasteiger partial charge in [0.05, 0.1) is 6.42 Å². The van der Waals surface area contributed by atoms with Crippen LogP contribution in [0.4, 0.5) is 0 Å². The lowest BCUT2D eigenvalue weighted by molar-refractivity contribution is -0.139. The van der Waals surface area contributed by atoms with Crippen LogP contribution in [0.1, 0.15) is 41.9 Å². The number of benzene rings is 1. The van der Waals surface area contributed by atoms with Crippen molar-refractivity contribution in [1.82, 2.24) is 0 Å². The molecule has 0 heterocycles. The number of hydrogen-bond acceptors (Lipinski definition) is 2. The van der Waals surface area contributed by atoms with Crippen molar-refractivity contribution in [2.45, 2.75) is 39.0 Å². The summed E-state index contributed by atoms with van der Waals surface area (Å²) in [7, 11) is 0. The van der Waals surface area contributed by atoms with Crippen molar-refractivity contribution in [1.29, 1.82) is 0 Å². The highest BCUT2D eigenvalue weighted by atomic mass is 16.4. The summed E-state index contributed by atoms with van der Waals surface area (Å²) < 4.78 is 0. The normalized spacial score (nSPS) is 12.1. The molecule has 1 unspecified atom stereocenters. The van der Waals surface area contributed by atoms with Crippen LogP contribution in [0.5, 0.6) is 0 Å². The highest BCUT2D eigenvalue weighted by molar-refractivity contribution is 5.69. The zero-order valence-electron chi connectivity index (χ0n) is 10.6. The number of carboxylic acid groups (broad SMARTS) is 2. The third kappa shape index (κ3) is 3.87. The van der Waals surface area contributed by atoms with E-state index in [0.717, 1.165) is 16.7 Å². The monoisotopic (exact) mass is 250 g/mol. The molecular formula is C14H18O4. The lowest BCUT2D eigenvalue weighted by Crippen LogP contribution is -2.11. The number of carbonyl (C=O) groups is 2. The minimum Gasteiger partial charge on any atom is -0.481 e. The molecule has 0 saturated heterocycles. The van der Waals surface area contributed by atoms with Crippen LogP contribution in [-0.4, -0.2) is 22.2 Å². The van der Waals surface area contributed by atoms with Gasteiger partial charge in [0.15, 0.2) is 0 Å². The van der Waals surface area contributed by atoms with Gasteiger partial charge in [0.25, 0.3) is 0 Å². The van der Waals surface area contributed by atoms with Gasteiger partial charge in [-0.3, -0.25) is 9.59 Å². The van der Waals surface area contributed by atoms with Gasteiger partial charge >= 0.3 is 11.9 Å². The lowest BCUT2D eigenvalue weighted by atomic mass is 9.85. The van der Waals surface area contributed by atoms with Crippen LogP contribution in [-0.2, 0) is 9.59 Å². The molecule has 0 amide bonds. The summed E-state index contributed by atoms with van der Waals surface area (Å²) in [5, 5.41) is 17.7. The molecule has 4 heteroatoms. The maximum Gasteiger partial charge on any atom is 0.303 e. The molecule has 18 heavy (non-hydrogen) atoms. The topological polar surface area (TPSA) is 74.6 Å². The summed E-state index contributed by atoms with van der Waals surface area (Å²) in [6.45, 7) is 3.86. The molecule has 0 aliphatic carbocycles. The van der Waals surface area contributed by atoms with E-state index in [1.807, 2.05) is 32.0 Å². The Morgan fingerprint density at radius 2 is 1.67 bits per heavy atom. The fraction of sp³-hybridized carbons (Fsp3) is 0.429. The van der Waals surface area contributed by atoms with E-state index in [2.05, 4.69) is 0 Å². The van der Waals surface area contributed by atoms with Gasteiger partial charge in [0.2, 0.25) is 0 Å². The summed E-state index contributed by atoms with van der Waals surface area (Å²) in [5.41, 5.74) is 3.01. The van der Waals surface area contributed by atoms with E-state index in [1.165, 1.54) is 0 Å². The molecule has 4 nitrogen and oxygen atoms in total. The Hall–Kier alpha value is -1.84. The van der Waals surface area contributed by atoms with Gasteiger partial charge in [-0.1, -0.05) is 18.2 Å². The first-order valence-electron chi connectivity index (χ1n) is 5.91. The molecule has 0 fully saturated rings. The van der Waals surface area contributed by atoms with Gasteiger partial charge in [-0.25, -0.2) is 0 Å². The minimum absolute atomic E-state index is 0.00821. The van der Waals surface area contributed by atoms with E-state index in [-0.39, 0.29) is 18.8 Å². The van der Waals surface area contributed by atoms with Crippen LogP contribution in [0.3, 0.4) is 0 Å². The van der Waals surface area contributed by atoms with Crippen LogP contribution < -0.4 is 0 Å². The van der Waals surface area contributed by atoms with Crippen molar-refractivity contribution in [3.63, 3.8) is 0 Å². The number of rotatable bonds is 6. The Balaban J connectivity index is 3.00. The fourth-order valence-electron chi connectivity index (χ4n) is 2.33. The second-order valence-electron chi connectivity index (χ2n) is 4.53. The van der Waals surface area contributed by atoms with Gasteiger partial charge < -0.3 is 10.2 Å². The summed E-state index contributed by atoms with van der Waals surface area (Å²) in [6.07, 6.45) is 0.317. The van der Waals surface area contributed by atoms with E-state index < -0.39 is 11.9 Å². The molecule has 0 radical (unpaired) electrons. The van der Waals surface area contributed by atoms with E-state index >= 15 is 0 Å². The van der Waals surface area contributed by atoms with Crippen molar-refractivity contribution in [2.75, 3.05) is 0 Å². The van der Waals surface area contributed by atoms with Crippen molar-refractivity contribution in [3.05, 3.63) is 34.9 Å². The van der Waals surface area contributed by atoms with Gasteiger partial charge in [-0.2, -0.15) is 0 Å². The third-order valence-corrected chi connectivity index (χ3v) is 3.08. The molecule has 0 aliphatic rings. The number of aliphatic carboxylic acids is 2. The average molecular weight is 250 g/mol. The molecule has 0 bridgehead atoms. The number of carboxylic acids is 2. The molecule has 1 rings (SSSR count). The summed E-state index contributed by atoms with van der Waals surface area (Å²) >= 11 is 0. The summed E-state index contributed by atoms with van der Waals surface area (Å²) in [6, 6.07) is 5.78. The highest BCUT2D eigenvalue weighted by Gasteiger charge is 2.20. The van der Waals surface area contributed by atoms with Gasteiger partial charge in [-0.15, -0.1) is 0 Å². The first-order valence-corrected chi connectivity index (χ1v) is 5.91. The SMILES string of the molecule is Cc1cccc(C)c1C(CCC(=O)O)CC(=O)O. The zero-order valence-corrected chi connectivity index (χ0v) is 10.6. The Bertz CT molecular complexity index is 431.